The second-order valence-electron chi connectivity index (χ2n) is 5.04. The molecule has 1 heterocycles. The summed E-state index contributed by atoms with van der Waals surface area (Å²) in [7, 11) is 1.98. The summed E-state index contributed by atoms with van der Waals surface area (Å²) in [4.78, 5) is 14.2. The molecule has 1 aromatic carbocycles. The Morgan fingerprint density at radius 1 is 1.35 bits per heavy atom. The largest absolute Gasteiger partial charge is 0.322 e. The van der Waals surface area contributed by atoms with Crippen LogP contribution in [0.5, 0.6) is 0 Å². The van der Waals surface area contributed by atoms with Crippen LogP contribution in [-0.2, 0) is 4.79 Å². The van der Waals surface area contributed by atoms with Crippen molar-refractivity contribution in [1.29, 1.82) is 0 Å². The molecule has 1 aromatic rings. The lowest BCUT2D eigenvalue weighted by Gasteiger charge is -2.31. The van der Waals surface area contributed by atoms with E-state index in [0.29, 0.717) is 28.3 Å². The predicted octanol–water partition coefficient (Wildman–Crippen LogP) is 2.62. The van der Waals surface area contributed by atoms with E-state index in [2.05, 4.69) is 15.5 Å². The normalized spacial score (nSPS) is 16.4. The molecule has 0 radical (unpaired) electrons. The average Bonchev–Trinajstić information content (AvgIpc) is 2.44. The van der Waals surface area contributed by atoms with Crippen LogP contribution in [0.15, 0.2) is 18.2 Å². The van der Waals surface area contributed by atoms with Gasteiger partial charge in [-0.25, -0.2) is 0 Å². The molecule has 0 unspecified atom stereocenters. The maximum absolute atomic E-state index is 12.1. The molecule has 2 N–H and O–H groups in total. The first kappa shape index (κ1) is 15.6. The van der Waals surface area contributed by atoms with Gasteiger partial charge in [-0.05, 0) is 45.1 Å². The highest BCUT2D eigenvalue weighted by atomic mass is 35.5. The van der Waals surface area contributed by atoms with Gasteiger partial charge in [0, 0.05) is 6.04 Å². The van der Waals surface area contributed by atoms with Crippen LogP contribution in [0.4, 0.5) is 5.69 Å². The second kappa shape index (κ2) is 7.27. The molecule has 0 saturated carbocycles. The summed E-state index contributed by atoms with van der Waals surface area (Å²) in [6.07, 6.45) is 2.13. The van der Waals surface area contributed by atoms with Gasteiger partial charge in [0.2, 0.25) is 5.91 Å². The molecule has 1 fully saturated rings. The van der Waals surface area contributed by atoms with Crippen LogP contribution in [0.3, 0.4) is 0 Å². The van der Waals surface area contributed by atoms with Crippen molar-refractivity contribution in [3.05, 3.63) is 28.2 Å². The third kappa shape index (κ3) is 4.09. The number of benzene rings is 1. The van der Waals surface area contributed by atoms with Gasteiger partial charge < -0.3 is 10.6 Å². The van der Waals surface area contributed by atoms with Gasteiger partial charge in [-0.15, -0.1) is 0 Å². The van der Waals surface area contributed by atoms with Crippen LogP contribution in [0.2, 0.25) is 10.0 Å². The van der Waals surface area contributed by atoms with E-state index in [1.165, 1.54) is 0 Å². The van der Waals surface area contributed by atoms with Crippen molar-refractivity contribution in [2.24, 2.45) is 0 Å². The fourth-order valence-corrected chi connectivity index (χ4v) is 2.89. The van der Waals surface area contributed by atoms with Gasteiger partial charge in [0.05, 0.1) is 22.3 Å². The maximum atomic E-state index is 12.1. The molecule has 0 aliphatic carbocycles. The Bertz CT molecular complexity index is 455. The summed E-state index contributed by atoms with van der Waals surface area (Å²) >= 11 is 12.1. The predicted molar refractivity (Wildman–Crippen MR) is 83.6 cm³/mol. The number of likely N-dealkylation sites (N-methyl/N-ethyl adjacent to an activating group) is 1. The fourth-order valence-electron chi connectivity index (χ4n) is 2.40. The van der Waals surface area contributed by atoms with Gasteiger partial charge in [-0.2, -0.15) is 0 Å². The number of halogens is 2. The number of carbonyl (C=O) groups is 1. The van der Waals surface area contributed by atoms with Gasteiger partial charge in [-0.1, -0.05) is 29.3 Å². The summed E-state index contributed by atoms with van der Waals surface area (Å²) in [5.41, 5.74) is 0.486. The number of nitrogens with zero attached hydrogens (tertiary/aromatic N) is 1. The number of rotatable bonds is 4. The highest BCUT2D eigenvalue weighted by Gasteiger charge is 2.20. The van der Waals surface area contributed by atoms with Crippen LogP contribution < -0.4 is 10.6 Å². The number of para-hydroxylation sites is 1. The van der Waals surface area contributed by atoms with Crippen molar-refractivity contribution >= 4 is 34.8 Å². The quantitative estimate of drug-likeness (QED) is 0.897. The SMILES string of the molecule is CN(CC(=O)Nc1c(Cl)cccc1Cl)C1CCNCC1. The zero-order valence-electron chi connectivity index (χ0n) is 11.5. The number of hydrogen-bond donors (Lipinski definition) is 2. The van der Waals surface area contributed by atoms with Gasteiger partial charge in [-0.3, -0.25) is 9.69 Å². The zero-order chi connectivity index (χ0) is 14.5. The lowest BCUT2D eigenvalue weighted by molar-refractivity contribution is -0.117. The summed E-state index contributed by atoms with van der Waals surface area (Å²) in [6, 6.07) is 5.62. The van der Waals surface area contributed by atoms with E-state index < -0.39 is 0 Å². The van der Waals surface area contributed by atoms with Crippen molar-refractivity contribution in [3.8, 4) is 0 Å². The Morgan fingerprint density at radius 2 is 1.95 bits per heavy atom. The Kier molecular flexibility index (Phi) is 5.66. The molecule has 0 aromatic heterocycles. The second-order valence-corrected chi connectivity index (χ2v) is 5.86. The molecular weight excluding hydrogens is 297 g/mol. The van der Waals surface area contributed by atoms with E-state index in [0.717, 1.165) is 25.9 Å². The topological polar surface area (TPSA) is 44.4 Å². The van der Waals surface area contributed by atoms with E-state index in [4.69, 9.17) is 23.2 Å². The Labute approximate surface area is 129 Å². The highest BCUT2D eigenvalue weighted by Crippen LogP contribution is 2.29. The molecule has 0 bridgehead atoms. The number of amides is 1. The molecule has 1 amide bonds. The molecule has 1 aliphatic heterocycles. The Morgan fingerprint density at radius 3 is 2.55 bits per heavy atom. The van der Waals surface area contributed by atoms with Crippen LogP contribution in [-0.4, -0.2) is 43.5 Å². The summed E-state index contributed by atoms with van der Waals surface area (Å²) in [5.74, 6) is -0.0963. The van der Waals surface area contributed by atoms with E-state index >= 15 is 0 Å². The Balaban J connectivity index is 1.91. The highest BCUT2D eigenvalue weighted by molar-refractivity contribution is 6.39. The lowest BCUT2D eigenvalue weighted by Crippen LogP contribution is -2.44. The third-order valence-corrected chi connectivity index (χ3v) is 4.18. The summed E-state index contributed by atoms with van der Waals surface area (Å²) in [5, 5.41) is 7.01. The molecular formula is C14H19Cl2N3O. The Hall–Kier alpha value is -0.810. The molecule has 110 valence electrons. The van der Waals surface area contributed by atoms with Crippen LogP contribution in [0.25, 0.3) is 0 Å². The minimum Gasteiger partial charge on any atom is -0.322 e. The fraction of sp³-hybridized carbons (Fsp3) is 0.500. The van der Waals surface area contributed by atoms with Crippen LogP contribution in [0.1, 0.15) is 12.8 Å². The maximum Gasteiger partial charge on any atom is 0.238 e. The lowest BCUT2D eigenvalue weighted by atomic mass is 10.1. The van der Waals surface area contributed by atoms with Gasteiger partial charge >= 0.3 is 0 Å². The van der Waals surface area contributed by atoms with Crippen LogP contribution in [0, 0.1) is 0 Å². The van der Waals surface area contributed by atoms with Crippen molar-refractivity contribution in [1.82, 2.24) is 10.2 Å². The first-order chi connectivity index (χ1) is 9.58. The van der Waals surface area contributed by atoms with Gasteiger partial charge in [0.25, 0.3) is 0 Å². The molecule has 0 spiro atoms. The van der Waals surface area contributed by atoms with Crippen molar-refractivity contribution < 1.29 is 4.79 Å². The van der Waals surface area contributed by atoms with Gasteiger partial charge in [0.15, 0.2) is 0 Å². The first-order valence-corrected chi connectivity index (χ1v) is 7.48. The number of hydrogen-bond acceptors (Lipinski definition) is 3. The standard InChI is InChI=1S/C14H19Cl2N3O/c1-19(10-5-7-17-8-6-10)9-13(20)18-14-11(15)3-2-4-12(14)16/h2-4,10,17H,5-9H2,1H3,(H,18,20). The smallest absolute Gasteiger partial charge is 0.238 e. The van der Waals surface area contributed by atoms with E-state index in [1.807, 2.05) is 7.05 Å². The number of nitrogens with one attached hydrogen (secondary N) is 2. The summed E-state index contributed by atoms with van der Waals surface area (Å²) in [6.45, 7) is 2.35. The van der Waals surface area contributed by atoms with E-state index in [9.17, 15) is 4.79 Å². The number of anilines is 1. The van der Waals surface area contributed by atoms with E-state index in [1.54, 1.807) is 18.2 Å². The minimum absolute atomic E-state index is 0.0963. The monoisotopic (exact) mass is 315 g/mol. The average molecular weight is 316 g/mol. The molecule has 2 rings (SSSR count). The molecule has 1 aliphatic rings. The molecule has 0 atom stereocenters. The molecule has 20 heavy (non-hydrogen) atoms. The molecule has 1 saturated heterocycles. The third-order valence-electron chi connectivity index (χ3n) is 3.55. The molecule has 4 nitrogen and oxygen atoms in total. The van der Waals surface area contributed by atoms with Crippen molar-refractivity contribution in [2.75, 3.05) is 32.0 Å². The number of carbonyl (C=O) groups excluding carboxylic acids is 1. The first-order valence-electron chi connectivity index (χ1n) is 6.72. The van der Waals surface area contributed by atoms with Crippen molar-refractivity contribution in [3.63, 3.8) is 0 Å². The summed E-state index contributed by atoms with van der Waals surface area (Å²) < 4.78 is 0. The van der Waals surface area contributed by atoms with Crippen LogP contribution >= 0.6 is 23.2 Å². The van der Waals surface area contributed by atoms with Crippen molar-refractivity contribution in [2.45, 2.75) is 18.9 Å². The minimum atomic E-state index is -0.0963. The zero-order valence-corrected chi connectivity index (χ0v) is 13.0. The van der Waals surface area contributed by atoms with Gasteiger partial charge in [0.1, 0.15) is 0 Å². The number of piperidine rings is 1. The molecule has 6 heteroatoms. The van der Waals surface area contributed by atoms with E-state index in [-0.39, 0.29) is 5.91 Å².